The fraction of sp³-hybridized carbons (Fsp3) is 0.0769. The van der Waals surface area contributed by atoms with Crippen LogP contribution in [0.1, 0.15) is 5.56 Å². The number of nitrogens with two attached hydrogens (primary N) is 1. The molecule has 0 aliphatic carbocycles. The van der Waals surface area contributed by atoms with Crippen LogP contribution in [-0.2, 0) is 6.18 Å². The smallest absolute Gasteiger partial charge is 0.399 e. The molecule has 2 N–H and O–H groups in total. The lowest BCUT2D eigenvalue weighted by Gasteiger charge is -2.08. The van der Waals surface area contributed by atoms with Gasteiger partial charge in [0.2, 0.25) is 0 Å². The summed E-state index contributed by atoms with van der Waals surface area (Å²) >= 11 is 3.34. The number of aromatic nitrogens is 3. The number of nitrogens with zero attached hydrogens (tertiary/aromatic N) is 3. The van der Waals surface area contributed by atoms with Crippen molar-refractivity contribution >= 4 is 27.3 Å². The molecule has 3 aromatic rings. The Morgan fingerprint density at radius 3 is 2.57 bits per heavy atom. The molecule has 1 aromatic carbocycles. The number of anilines is 1. The Hall–Kier alpha value is -2.09. The van der Waals surface area contributed by atoms with Gasteiger partial charge in [0.15, 0.2) is 11.5 Å². The molecule has 0 amide bonds. The Kier molecular flexibility index (Phi) is 3.12. The quantitative estimate of drug-likeness (QED) is 0.675. The van der Waals surface area contributed by atoms with E-state index in [4.69, 9.17) is 5.73 Å². The minimum atomic E-state index is -4.43. The van der Waals surface area contributed by atoms with Gasteiger partial charge in [-0.25, -0.2) is 0 Å². The fourth-order valence-corrected chi connectivity index (χ4v) is 2.38. The molecule has 0 saturated heterocycles. The van der Waals surface area contributed by atoms with Crippen molar-refractivity contribution in [2.24, 2.45) is 0 Å². The Morgan fingerprint density at radius 2 is 1.86 bits per heavy atom. The van der Waals surface area contributed by atoms with Crippen molar-refractivity contribution < 1.29 is 13.2 Å². The highest BCUT2D eigenvalue weighted by Crippen LogP contribution is 2.32. The maximum atomic E-state index is 12.8. The number of pyridine rings is 1. The second kappa shape index (κ2) is 4.73. The highest BCUT2D eigenvalue weighted by atomic mass is 79.9. The molecule has 2 heterocycles. The van der Waals surface area contributed by atoms with E-state index in [-0.39, 0.29) is 5.82 Å². The highest BCUT2D eigenvalue weighted by molar-refractivity contribution is 9.10. The first-order chi connectivity index (χ1) is 9.86. The van der Waals surface area contributed by atoms with E-state index in [1.54, 1.807) is 18.2 Å². The van der Waals surface area contributed by atoms with Gasteiger partial charge in [-0.2, -0.15) is 13.2 Å². The number of rotatable bonds is 1. The van der Waals surface area contributed by atoms with Crippen molar-refractivity contribution in [2.75, 3.05) is 5.73 Å². The first-order valence-corrected chi connectivity index (χ1v) is 6.63. The number of halogens is 4. The minimum Gasteiger partial charge on any atom is -0.399 e. The third-order valence-electron chi connectivity index (χ3n) is 2.96. The highest BCUT2D eigenvalue weighted by Gasteiger charge is 2.31. The zero-order valence-electron chi connectivity index (χ0n) is 10.4. The molecule has 4 nitrogen and oxygen atoms in total. The van der Waals surface area contributed by atoms with Gasteiger partial charge in [-0.15, -0.1) is 10.2 Å². The van der Waals surface area contributed by atoms with Crippen molar-refractivity contribution in [3.63, 3.8) is 0 Å². The van der Waals surface area contributed by atoms with Crippen LogP contribution < -0.4 is 5.73 Å². The molecule has 3 rings (SSSR count). The van der Waals surface area contributed by atoms with Gasteiger partial charge in [-0.05, 0) is 30.3 Å². The summed E-state index contributed by atoms with van der Waals surface area (Å²) in [6.07, 6.45) is -3.46. The number of alkyl halides is 3. The average Bonchev–Trinajstić information content (AvgIpc) is 2.83. The molecule has 0 unspecified atom stereocenters. The standard InChI is InChI=1S/C13H8BrF3N4/c14-10-3-2-8(18)5-9(10)12-20-19-11-4-1-7(6-21(11)12)13(15,16)17/h1-6H,18H2. The molecule has 0 bridgehead atoms. The largest absolute Gasteiger partial charge is 0.417 e. The summed E-state index contributed by atoms with van der Waals surface area (Å²) in [7, 11) is 0. The van der Waals surface area contributed by atoms with Crippen LogP contribution >= 0.6 is 15.9 Å². The zero-order chi connectivity index (χ0) is 15.2. The lowest BCUT2D eigenvalue weighted by atomic mass is 10.2. The van der Waals surface area contributed by atoms with Crippen LogP contribution in [0.3, 0.4) is 0 Å². The maximum absolute atomic E-state index is 12.8. The number of nitrogen functional groups attached to an aromatic ring is 1. The number of benzene rings is 1. The van der Waals surface area contributed by atoms with Gasteiger partial charge in [0.05, 0.1) is 5.56 Å². The average molecular weight is 357 g/mol. The summed E-state index contributed by atoms with van der Waals surface area (Å²) in [4.78, 5) is 0. The molecule has 0 fully saturated rings. The summed E-state index contributed by atoms with van der Waals surface area (Å²) in [5.41, 5.74) is 6.33. The van der Waals surface area contributed by atoms with E-state index in [9.17, 15) is 13.2 Å². The summed E-state index contributed by atoms with van der Waals surface area (Å²) in [6.45, 7) is 0. The number of fused-ring (bicyclic) bond motifs is 1. The molecule has 108 valence electrons. The van der Waals surface area contributed by atoms with Gasteiger partial charge >= 0.3 is 6.18 Å². The van der Waals surface area contributed by atoms with Crippen LogP contribution in [0.15, 0.2) is 41.0 Å². The van der Waals surface area contributed by atoms with Crippen LogP contribution in [0.5, 0.6) is 0 Å². The van der Waals surface area contributed by atoms with Crippen molar-refractivity contribution in [1.29, 1.82) is 0 Å². The Balaban J connectivity index is 2.26. The number of hydrogen-bond donors (Lipinski definition) is 1. The first kappa shape index (κ1) is 13.9. The Morgan fingerprint density at radius 1 is 1.10 bits per heavy atom. The van der Waals surface area contributed by atoms with E-state index in [1.807, 2.05) is 0 Å². The molecule has 8 heteroatoms. The normalized spacial score (nSPS) is 12.0. The molecular formula is C13H8BrF3N4. The third-order valence-corrected chi connectivity index (χ3v) is 3.65. The molecule has 21 heavy (non-hydrogen) atoms. The van der Waals surface area contributed by atoms with Gasteiger partial charge < -0.3 is 5.73 Å². The van der Waals surface area contributed by atoms with Gasteiger partial charge in [-0.1, -0.05) is 15.9 Å². The maximum Gasteiger partial charge on any atom is 0.417 e. The molecule has 0 spiro atoms. The lowest BCUT2D eigenvalue weighted by molar-refractivity contribution is -0.137. The SMILES string of the molecule is Nc1ccc(Br)c(-c2nnc3ccc(C(F)(F)F)cn23)c1. The second-order valence-corrected chi connectivity index (χ2v) is 5.26. The van der Waals surface area contributed by atoms with E-state index in [1.165, 1.54) is 10.5 Å². The van der Waals surface area contributed by atoms with E-state index in [0.29, 0.717) is 21.4 Å². The summed E-state index contributed by atoms with van der Waals surface area (Å²) < 4.78 is 40.4. The van der Waals surface area contributed by atoms with Gasteiger partial charge in [0.1, 0.15) is 0 Å². The zero-order valence-corrected chi connectivity index (χ0v) is 12.0. The van der Waals surface area contributed by atoms with Gasteiger partial charge in [-0.3, -0.25) is 4.40 Å². The van der Waals surface area contributed by atoms with Crippen molar-refractivity contribution in [1.82, 2.24) is 14.6 Å². The van der Waals surface area contributed by atoms with Gasteiger partial charge in [0, 0.05) is 21.9 Å². The van der Waals surface area contributed by atoms with E-state index in [2.05, 4.69) is 26.1 Å². The molecule has 0 radical (unpaired) electrons. The van der Waals surface area contributed by atoms with Crippen LogP contribution in [0.2, 0.25) is 0 Å². The Bertz CT molecular complexity index is 826. The van der Waals surface area contributed by atoms with Gasteiger partial charge in [0.25, 0.3) is 0 Å². The molecule has 0 aliphatic heterocycles. The molecule has 0 saturated carbocycles. The molecule has 0 atom stereocenters. The van der Waals surface area contributed by atoms with Crippen LogP contribution in [0.25, 0.3) is 17.0 Å². The van der Waals surface area contributed by atoms with Crippen LogP contribution in [-0.4, -0.2) is 14.6 Å². The third kappa shape index (κ3) is 2.46. The molecule has 2 aromatic heterocycles. The minimum absolute atomic E-state index is 0.287. The topological polar surface area (TPSA) is 56.2 Å². The summed E-state index contributed by atoms with van der Waals surface area (Å²) in [5.74, 6) is 0.287. The van der Waals surface area contributed by atoms with Crippen LogP contribution in [0, 0.1) is 0 Å². The van der Waals surface area contributed by atoms with Crippen molar-refractivity contribution in [3.8, 4) is 11.4 Å². The van der Waals surface area contributed by atoms with E-state index >= 15 is 0 Å². The molecule has 0 aliphatic rings. The predicted octanol–water partition coefficient (Wildman–Crippen LogP) is 3.76. The first-order valence-electron chi connectivity index (χ1n) is 5.83. The fourth-order valence-electron chi connectivity index (χ4n) is 1.96. The Labute approximate surface area is 125 Å². The number of hydrogen-bond acceptors (Lipinski definition) is 3. The van der Waals surface area contributed by atoms with E-state index < -0.39 is 11.7 Å². The summed E-state index contributed by atoms with van der Waals surface area (Å²) in [6, 6.07) is 7.26. The van der Waals surface area contributed by atoms with Crippen molar-refractivity contribution in [2.45, 2.75) is 6.18 Å². The summed E-state index contributed by atoms with van der Waals surface area (Å²) in [5, 5.41) is 7.82. The second-order valence-electron chi connectivity index (χ2n) is 4.41. The monoisotopic (exact) mass is 356 g/mol. The lowest BCUT2D eigenvalue weighted by Crippen LogP contribution is -2.06. The molecular weight excluding hydrogens is 349 g/mol. The van der Waals surface area contributed by atoms with Crippen LogP contribution in [0.4, 0.5) is 18.9 Å². The van der Waals surface area contributed by atoms with E-state index in [0.717, 1.165) is 12.3 Å². The van der Waals surface area contributed by atoms with Crippen molar-refractivity contribution in [3.05, 3.63) is 46.6 Å². The predicted molar refractivity (Wildman–Crippen MR) is 75.5 cm³/mol.